The van der Waals surface area contributed by atoms with E-state index in [1.807, 2.05) is 0 Å². The minimum absolute atomic E-state index is 0.338. The average Bonchev–Trinajstić information content (AvgIpc) is 2.65. The first-order chi connectivity index (χ1) is 7.28. The molecule has 2 heteroatoms. The molecule has 0 amide bonds. The molecule has 1 aromatic carbocycles. The quantitative estimate of drug-likeness (QED) is 0.813. The van der Waals surface area contributed by atoms with E-state index in [0.29, 0.717) is 12.5 Å². The summed E-state index contributed by atoms with van der Waals surface area (Å²) in [6.45, 7) is 5.66. The second kappa shape index (κ2) is 4.77. The molecule has 0 saturated carbocycles. The average molecular weight is 205 g/mol. The van der Waals surface area contributed by atoms with Gasteiger partial charge in [0, 0.05) is 19.7 Å². The molecule has 0 radical (unpaired) electrons. The molecule has 1 aliphatic rings. The predicted octanol–water partition coefficient (Wildman–Crippen LogP) is 1.81. The van der Waals surface area contributed by atoms with E-state index >= 15 is 0 Å². The third kappa shape index (κ3) is 2.80. The van der Waals surface area contributed by atoms with E-state index < -0.39 is 0 Å². The number of aliphatic hydroxyl groups is 1. The number of benzene rings is 1. The van der Waals surface area contributed by atoms with Gasteiger partial charge in [-0.3, -0.25) is 4.90 Å². The molecule has 15 heavy (non-hydrogen) atoms. The highest BCUT2D eigenvalue weighted by atomic mass is 16.3. The van der Waals surface area contributed by atoms with Crippen molar-refractivity contribution < 1.29 is 5.11 Å². The van der Waals surface area contributed by atoms with Crippen molar-refractivity contribution in [2.45, 2.75) is 19.9 Å². The van der Waals surface area contributed by atoms with Crippen LogP contribution in [0, 0.1) is 12.8 Å². The van der Waals surface area contributed by atoms with Crippen LogP contribution < -0.4 is 0 Å². The normalized spacial score (nSPS) is 22.1. The van der Waals surface area contributed by atoms with Gasteiger partial charge < -0.3 is 5.11 Å². The fourth-order valence-corrected chi connectivity index (χ4v) is 2.27. The van der Waals surface area contributed by atoms with Gasteiger partial charge in [0.15, 0.2) is 0 Å². The van der Waals surface area contributed by atoms with E-state index in [9.17, 15) is 0 Å². The van der Waals surface area contributed by atoms with Gasteiger partial charge in [0.1, 0.15) is 0 Å². The molecule has 0 spiro atoms. The lowest BCUT2D eigenvalue weighted by Crippen LogP contribution is -2.20. The number of rotatable bonds is 3. The van der Waals surface area contributed by atoms with Gasteiger partial charge in [0.05, 0.1) is 0 Å². The smallest absolute Gasteiger partial charge is 0.0471 e. The molecule has 82 valence electrons. The number of likely N-dealkylation sites (tertiary alicyclic amines) is 1. The number of aryl methyl sites for hydroxylation is 1. The molecular formula is C13H19NO. The topological polar surface area (TPSA) is 23.5 Å². The molecule has 1 aromatic rings. The second-order valence-electron chi connectivity index (χ2n) is 4.56. The van der Waals surface area contributed by atoms with Crippen LogP contribution in [0.4, 0.5) is 0 Å². The Bertz CT molecular complexity index is 324. The summed E-state index contributed by atoms with van der Waals surface area (Å²) in [7, 11) is 0. The lowest BCUT2D eigenvalue weighted by atomic mass is 10.1. The molecular weight excluding hydrogens is 186 g/mol. The minimum atomic E-state index is 0.338. The Morgan fingerprint density at radius 2 is 2.33 bits per heavy atom. The van der Waals surface area contributed by atoms with Crippen molar-refractivity contribution in [2.75, 3.05) is 19.7 Å². The third-order valence-corrected chi connectivity index (χ3v) is 3.12. The van der Waals surface area contributed by atoms with Crippen molar-refractivity contribution >= 4 is 0 Å². The first kappa shape index (κ1) is 10.7. The first-order valence-electron chi connectivity index (χ1n) is 5.66. The van der Waals surface area contributed by atoms with Crippen LogP contribution in [0.5, 0.6) is 0 Å². The molecule has 1 saturated heterocycles. The van der Waals surface area contributed by atoms with E-state index in [2.05, 4.69) is 36.1 Å². The summed E-state index contributed by atoms with van der Waals surface area (Å²) in [5.41, 5.74) is 2.71. The van der Waals surface area contributed by atoms with E-state index in [4.69, 9.17) is 5.11 Å². The molecule has 2 nitrogen and oxygen atoms in total. The summed E-state index contributed by atoms with van der Waals surface area (Å²) >= 11 is 0. The number of nitrogens with zero attached hydrogens (tertiary/aromatic N) is 1. The molecule has 1 unspecified atom stereocenters. The zero-order chi connectivity index (χ0) is 10.7. The van der Waals surface area contributed by atoms with Gasteiger partial charge >= 0.3 is 0 Å². The van der Waals surface area contributed by atoms with Gasteiger partial charge in [-0.2, -0.15) is 0 Å². The van der Waals surface area contributed by atoms with Crippen LogP contribution in [0.3, 0.4) is 0 Å². The maximum atomic E-state index is 9.07. The minimum Gasteiger partial charge on any atom is -0.396 e. The molecule has 1 N–H and O–H groups in total. The fraction of sp³-hybridized carbons (Fsp3) is 0.538. The molecule has 0 aliphatic carbocycles. The maximum absolute atomic E-state index is 9.07. The number of hydrogen-bond acceptors (Lipinski definition) is 2. The van der Waals surface area contributed by atoms with Gasteiger partial charge in [-0.25, -0.2) is 0 Å². The standard InChI is InChI=1S/C13H19NO/c1-11-3-2-4-12(7-11)8-14-6-5-13(9-14)10-15/h2-4,7,13,15H,5-6,8-10H2,1H3. The third-order valence-electron chi connectivity index (χ3n) is 3.12. The van der Waals surface area contributed by atoms with Crippen molar-refractivity contribution in [1.82, 2.24) is 4.90 Å². The van der Waals surface area contributed by atoms with Gasteiger partial charge in [-0.15, -0.1) is 0 Å². The van der Waals surface area contributed by atoms with Crippen molar-refractivity contribution in [3.8, 4) is 0 Å². The predicted molar refractivity (Wildman–Crippen MR) is 61.6 cm³/mol. The Morgan fingerprint density at radius 1 is 1.47 bits per heavy atom. The fourth-order valence-electron chi connectivity index (χ4n) is 2.27. The Morgan fingerprint density at radius 3 is 3.00 bits per heavy atom. The Labute approximate surface area is 91.5 Å². The van der Waals surface area contributed by atoms with Crippen LogP contribution in [0.2, 0.25) is 0 Å². The first-order valence-corrected chi connectivity index (χ1v) is 5.66. The number of hydrogen-bond donors (Lipinski definition) is 1. The van der Waals surface area contributed by atoms with Gasteiger partial charge in [0.25, 0.3) is 0 Å². The monoisotopic (exact) mass is 205 g/mol. The molecule has 0 bridgehead atoms. The van der Waals surface area contributed by atoms with Crippen LogP contribution in [0.25, 0.3) is 0 Å². The van der Waals surface area contributed by atoms with Crippen molar-refractivity contribution in [1.29, 1.82) is 0 Å². The molecule has 1 heterocycles. The van der Waals surface area contributed by atoms with Crippen LogP contribution >= 0.6 is 0 Å². The SMILES string of the molecule is Cc1cccc(CN2CCC(CO)C2)c1. The highest BCUT2D eigenvalue weighted by molar-refractivity contribution is 5.22. The van der Waals surface area contributed by atoms with Crippen molar-refractivity contribution in [2.24, 2.45) is 5.92 Å². The lowest BCUT2D eigenvalue weighted by molar-refractivity contribution is 0.220. The van der Waals surface area contributed by atoms with Crippen molar-refractivity contribution in [3.05, 3.63) is 35.4 Å². The van der Waals surface area contributed by atoms with Gasteiger partial charge in [0.2, 0.25) is 0 Å². The zero-order valence-corrected chi connectivity index (χ0v) is 9.32. The molecule has 0 aromatic heterocycles. The van der Waals surface area contributed by atoms with Crippen molar-refractivity contribution in [3.63, 3.8) is 0 Å². The Balaban J connectivity index is 1.92. The van der Waals surface area contributed by atoms with Gasteiger partial charge in [-0.05, 0) is 31.4 Å². The summed E-state index contributed by atoms with van der Waals surface area (Å²) in [5, 5.41) is 9.07. The highest BCUT2D eigenvalue weighted by Crippen LogP contribution is 2.18. The van der Waals surface area contributed by atoms with Crippen LogP contribution in [0.15, 0.2) is 24.3 Å². The highest BCUT2D eigenvalue weighted by Gasteiger charge is 2.21. The second-order valence-corrected chi connectivity index (χ2v) is 4.56. The van der Waals surface area contributed by atoms with E-state index in [1.165, 1.54) is 11.1 Å². The summed E-state index contributed by atoms with van der Waals surface area (Å²) in [6.07, 6.45) is 1.14. The summed E-state index contributed by atoms with van der Waals surface area (Å²) < 4.78 is 0. The summed E-state index contributed by atoms with van der Waals surface area (Å²) in [4.78, 5) is 2.43. The number of aliphatic hydroxyl groups excluding tert-OH is 1. The maximum Gasteiger partial charge on any atom is 0.0471 e. The van der Waals surface area contributed by atoms with Crippen LogP contribution in [-0.2, 0) is 6.54 Å². The van der Waals surface area contributed by atoms with E-state index in [-0.39, 0.29) is 0 Å². The largest absolute Gasteiger partial charge is 0.396 e. The van der Waals surface area contributed by atoms with E-state index in [0.717, 1.165) is 26.1 Å². The van der Waals surface area contributed by atoms with Gasteiger partial charge in [-0.1, -0.05) is 29.8 Å². The molecule has 1 aliphatic heterocycles. The Hall–Kier alpha value is -0.860. The molecule has 1 fully saturated rings. The zero-order valence-electron chi connectivity index (χ0n) is 9.32. The lowest BCUT2D eigenvalue weighted by Gasteiger charge is -2.15. The molecule has 1 atom stereocenters. The van der Waals surface area contributed by atoms with E-state index in [1.54, 1.807) is 0 Å². The van der Waals surface area contributed by atoms with Crippen LogP contribution in [0.1, 0.15) is 17.5 Å². The summed E-state index contributed by atoms with van der Waals surface area (Å²) in [5.74, 6) is 0.495. The molecule has 2 rings (SSSR count). The summed E-state index contributed by atoms with van der Waals surface area (Å²) in [6, 6.07) is 8.67. The van der Waals surface area contributed by atoms with Crippen LogP contribution in [-0.4, -0.2) is 29.7 Å². The Kier molecular flexibility index (Phi) is 3.39.